The van der Waals surface area contributed by atoms with Crippen LogP contribution in [0.3, 0.4) is 0 Å². The van der Waals surface area contributed by atoms with Crippen LogP contribution < -0.4 is 5.32 Å². The first-order valence-electron chi connectivity index (χ1n) is 7.91. The van der Waals surface area contributed by atoms with Crippen molar-refractivity contribution in [3.05, 3.63) is 70.5 Å². The first-order valence-corrected chi connectivity index (χ1v) is 8.70. The summed E-state index contributed by atoms with van der Waals surface area (Å²) in [5.74, 6) is -0.0544. The van der Waals surface area contributed by atoms with Gasteiger partial charge >= 0.3 is 0 Å². The van der Waals surface area contributed by atoms with Gasteiger partial charge in [0.05, 0.1) is 16.6 Å². The van der Waals surface area contributed by atoms with Gasteiger partial charge in [0, 0.05) is 29.0 Å². The molecule has 1 aliphatic heterocycles. The Kier molecular flexibility index (Phi) is 4.04. The Morgan fingerprint density at radius 3 is 2.88 bits per heavy atom. The second-order valence-corrected chi connectivity index (χ2v) is 6.61. The second-order valence-electron chi connectivity index (χ2n) is 5.75. The summed E-state index contributed by atoms with van der Waals surface area (Å²) in [5.41, 5.74) is 4.66. The largest absolute Gasteiger partial charge is 0.313 e. The van der Waals surface area contributed by atoms with Gasteiger partial charge in [-0.25, -0.2) is 0 Å². The Hall–Kier alpha value is -2.24. The number of pyridine rings is 1. The molecule has 1 aromatic carbocycles. The molecule has 0 radical (unpaired) electrons. The Labute approximate surface area is 148 Å². The van der Waals surface area contributed by atoms with Crippen molar-refractivity contribution in [3.8, 4) is 0 Å². The van der Waals surface area contributed by atoms with E-state index in [1.807, 2.05) is 42.6 Å². The first-order chi connectivity index (χ1) is 11.8. The van der Waals surface area contributed by atoms with Crippen molar-refractivity contribution in [2.75, 3.05) is 13.1 Å². The predicted molar refractivity (Wildman–Crippen MR) is 99.1 cm³/mol. The van der Waals surface area contributed by atoms with Gasteiger partial charge in [-0.15, -0.1) is 0 Å². The Balaban J connectivity index is 1.89. The second kappa shape index (κ2) is 6.34. The van der Waals surface area contributed by atoms with E-state index in [1.54, 1.807) is 10.8 Å². The van der Waals surface area contributed by atoms with Crippen LogP contribution in [-0.4, -0.2) is 28.5 Å². The van der Waals surface area contributed by atoms with E-state index in [0.717, 1.165) is 40.6 Å². The maximum Gasteiger partial charge on any atom is 0.263 e. The summed E-state index contributed by atoms with van der Waals surface area (Å²) in [5, 5.41) is 3.32. The van der Waals surface area contributed by atoms with Crippen LogP contribution in [0, 0.1) is 0 Å². The van der Waals surface area contributed by atoms with Gasteiger partial charge in [-0.2, -0.15) is 0 Å². The van der Waals surface area contributed by atoms with Crippen molar-refractivity contribution in [2.45, 2.75) is 6.42 Å². The minimum absolute atomic E-state index is 0.0544. The molecule has 0 bridgehead atoms. The zero-order chi connectivity index (χ0) is 16.5. The predicted octanol–water partition coefficient (Wildman–Crippen LogP) is 3.86. The van der Waals surface area contributed by atoms with E-state index in [1.165, 1.54) is 5.57 Å². The SMILES string of the molecule is O=C(c1ccccc1Br)n1cc(C2=CCNCC2)c2ncccc21. The molecular weight excluding hydrogens is 366 g/mol. The summed E-state index contributed by atoms with van der Waals surface area (Å²) in [6.07, 6.45) is 6.83. The van der Waals surface area contributed by atoms with Gasteiger partial charge in [-0.3, -0.25) is 14.3 Å². The summed E-state index contributed by atoms with van der Waals surface area (Å²) in [6, 6.07) is 11.3. The molecule has 3 heterocycles. The normalized spacial score (nSPS) is 14.6. The number of rotatable bonds is 2. The molecule has 1 N–H and O–H groups in total. The van der Waals surface area contributed by atoms with Crippen molar-refractivity contribution in [3.63, 3.8) is 0 Å². The van der Waals surface area contributed by atoms with Crippen LogP contribution in [0.25, 0.3) is 16.6 Å². The highest BCUT2D eigenvalue weighted by Crippen LogP contribution is 2.29. The number of nitrogens with zero attached hydrogens (tertiary/aromatic N) is 2. The Morgan fingerprint density at radius 2 is 2.08 bits per heavy atom. The van der Waals surface area contributed by atoms with E-state index in [0.29, 0.717) is 5.56 Å². The summed E-state index contributed by atoms with van der Waals surface area (Å²) in [7, 11) is 0. The maximum absolute atomic E-state index is 13.1. The molecule has 0 atom stereocenters. The minimum atomic E-state index is -0.0544. The number of benzene rings is 1. The third kappa shape index (κ3) is 2.60. The van der Waals surface area contributed by atoms with Crippen LogP contribution in [0.5, 0.6) is 0 Å². The zero-order valence-electron chi connectivity index (χ0n) is 13.0. The third-order valence-corrected chi connectivity index (χ3v) is 4.98. The summed E-state index contributed by atoms with van der Waals surface area (Å²) in [6.45, 7) is 1.80. The van der Waals surface area contributed by atoms with Crippen molar-refractivity contribution < 1.29 is 4.79 Å². The number of hydrogen-bond acceptors (Lipinski definition) is 3. The lowest BCUT2D eigenvalue weighted by molar-refractivity contribution is 0.0964. The molecule has 0 saturated carbocycles. The van der Waals surface area contributed by atoms with E-state index >= 15 is 0 Å². The van der Waals surface area contributed by atoms with Crippen LogP contribution in [0.4, 0.5) is 0 Å². The van der Waals surface area contributed by atoms with Gasteiger partial charge in [-0.05, 0) is 58.7 Å². The number of carbonyl (C=O) groups is 1. The lowest BCUT2D eigenvalue weighted by Crippen LogP contribution is -2.20. The van der Waals surface area contributed by atoms with E-state index in [9.17, 15) is 4.79 Å². The molecule has 3 aromatic rings. The average Bonchev–Trinajstić information content (AvgIpc) is 3.02. The number of aromatic nitrogens is 2. The third-order valence-electron chi connectivity index (χ3n) is 4.29. The minimum Gasteiger partial charge on any atom is -0.313 e. The number of carbonyl (C=O) groups excluding carboxylic acids is 1. The highest BCUT2D eigenvalue weighted by molar-refractivity contribution is 9.10. The van der Waals surface area contributed by atoms with Crippen LogP contribution in [0.1, 0.15) is 22.3 Å². The Bertz CT molecular complexity index is 958. The molecule has 4 nitrogen and oxygen atoms in total. The molecule has 0 fully saturated rings. The molecular formula is C19H16BrN3O. The maximum atomic E-state index is 13.1. The highest BCUT2D eigenvalue weighted by Gasteiger charge is 2.19. The molecule has 1 aliphatic rings. The van der Waals surface area contributed by atoms with Gasteiger partial charge in [-0.1, -0.05) is 18.2 Å². The fourth-order valence-electron chi connectivity index (χ4n) is 3.09. The first kappa shape index (κ1) is 15.3. The van der Waals surface area contributed by atoms with E-state index < -0.39 is 0 Å². The van der Waals surface area contributed by atoms with Crippen molar-refractivity contribution in [1.29, 1.82) is 0 Å². The lowest BCUT2D eigenvalue weighted by atomic mass is 10.0. The molecule has 24 heavy (non-hydrogen) atoms. The smallest absolute Gasteiger partial charge is 0.263 e. The quantitative estimate of drug-likeness (QED) is 0.732. The van der Waals surface area contributed by atoms with Gasteiger partial charge in [0.1, 0.15) is 0 Å². The molecule has 5 heteroatoms. The number of halogens is 1. The van der Waals surface area contributed by atoms with Crippen molar-refractivity contribution in [1.82, 2.24) is 14.9 Å². The van der Waals surface area contributed by atoms with Crippen LogP contribution in [0.2, 0.25) is 0 Å². The monoisotopic (exact) mass is 381 g/mol. The fourth-order valence-corrected chi connectivity index (χ4v) is 3.55. The van der Waals surface area contributed by atoms with Gasteiger partial charge < -0.3 is 5.32 Å². The highest BCUT2D eigenvalue weighted by atomic mass is 79.9. The van der Waals surface area contributed by atoms with E-state index in [4.69, 9.17) is 0 Å². The average molecular weight is 382 g/mol. The summed E-state index contributed by atoms with van der Waals surface area (Å²) >= 11 is 3.47. The van der Waals surface area contributed by atoms with Crippen molar-refractivity contribution in [2.24, 2.45) is 0 Å². The van der Waals surface area contributed by atoms with Crippen molar-refractivity contribution >= 4 is 38.4 Å². The number of fused-ring (bicyclic) bond motifs is 1. The number of hydrogen-bond donors (Lipinski definition) is 1. The molecule has 0 amide bonds. The molecule has 0 unspecified atom stereocenters. The zero-order valence-corrected chi connectivity index (χ0v) is 14.6. The van der Waals surface area contributed by atoms with Crippen LogP contribution >= 0.6 is 15.9 Å². The summed E-state index contributed by atoms with van der Waals surface area (Å²) < 4.78 is 2.50. The molecule has 120 valence electrons. The fraction of sp³-hybridized carbons (Fsp3) is 0.158. The lowest BCUT2D eigenvalue weighted by Gasteiger charge is -2.12. The van der Waals surface area contributed by atoms with Crippen LogP contribution in [-0.2, 0) is 0 Å². The Morgan fingerprint density at radius 1 is 1.21 bits per heavy atom. The molecule has 0 saturated heterocycles. The standard InChI is InChI=1S/C19H16BrN3O/c20-16-5-2-1-4-14(16)19(24)23-12-15(13-7-10-21-11-8-13)18-17(23)6-3-9-22-18/h1-7,9,12,21H,8,10-11H2. The number of nitrogens with one attached hydrogen (secondary N) is 1. The van der Waals surface area contributed by atoms with Gasteiger partial charge in [0.2, 0.25) is 0 Å². The molecule has 2 aromatic heterocycles. The van der Waals surface area contributed by atoms with Crippen LogP contribution in [0.15, 0.2) is 59.3 Å². The van der Waals surface area contributed by atoms with E-state index in [-0.39, 0.29) is 5.91 Å². The molecule has 4 rings (SSSR count). The topological polar surface area (TPSA) is 46.9 Å². The van der Waals surface area contributed by atoms with Gasteiger partial charge in [0.15, 0.2) is 0 Å². The van der Waals surface area contributed by atoms with E-state index in [2.05, 4.69) is 32.3 Å². The molecule has 0 spiro atoms. The molecule has 0 aliphatic carbocycles. The van der Waals surface area contributed by atoms with Gasteiger partial charge in [0.25, 0.3) is 5.91 Å². The summed E-state index contributed by atoms with van der Waals surface area (Å²) in [4.78, 5) is 17.6.